The van der Waals surface area contributed by atoms with Gasteiger partial charge < -0.3 is 10.1 Å². The van der Waals surface area contributed by atoms with Crippen LogP contribution in [0.25, 0.3) is 0 Å². The van der Waals surface area contributed by atoms with Crippen LogP contribution in [0.5, 0.6) is 0 Å². The number of benzene rings is 1. The number of amides is 3. The summed E-state index contributed by atoms with van der Waals surface area (Å²) in [6.45, 7) is 1.45. The quantitative estimate of drug-likeness (QED) is 0.731. The van der Waals surface area contributed by atoms with Gasteiger partial charge in [0.25, 0.3) is 5.91 Å². The molecule has 0 aliphatic heterocycles. The Balaban J connectivity index is 1.79. The molecule has 2 atom stereocenters. The van der Waals surface area contributed by atoms with Crippen LogP contribution in [0.15, 0.2) is 29.2 Å². The molecule has 0 radical (unpaired) electrons. The van der Waals surface area contributed by atoms with Crippen LogP contribution in [0.1, 0.15) is 43.0 Å². The number of hydrogen-bond donors (Lipinski definition) is 2. The van der Waals surface area contributed by atoms with E-state index in [-0.39, 0.29) is 16.5 Å². The molecule has 1 aliphatic rings. The highest BCUT2D eigenvalue weighted by Gasteiger charge is 2.23. The molecule has 1 fully saturated rings. The van der Waals surface area contributed by atoms with Gasteiger partial charge in [0.05, 0.1) is 10.5 Å². The minimum absolute atomic E-state index is 0.0301. The molecule has 1 aliphatic carbocycles. The summed E-state index contributed by atoms with van der Waals surface area (Å²) < 4.78 is 27.6. The Morgan fingerprint density at radius 2 is 1.74 bits per heavy atom. The molecule has 27 heavy (non-hydrogen) atoms. The van der Waals surface area contributed by atoms with Gasteiger partial charge in [0.2, 0.25) is 0 Å². The van der Waals surface area contributed by atoms with E-state index in [1.54, 1.807) is 0 Å². The number of nitrogens with one attached hydrogen (secondary N) is 2. The van der Waals surface area contributed by atoms with E-state index >= 15 is 0 Å². The summed E-state index contributed by atoms with van der Waals surface area (Å²) in [6.07, 6.45) is 5.15. The summed E-state index contributed by atoms with van der Waals surface area (Å²) >= 11 is 0. The largest absolute Gasteiger partial charge is 0.452 e. The second-order valence-electron chi connectivity index (χ2n) is 6.76. The van der Waals surface area contributed by atoms with Gasteiger partial charge in [-0.2, -0.15) is 0 Å². The van der Waals surface area contributed by atoms with Gasteiger partial charge in [-0.15, -0.1) is 0 Å². The van der Waals surface area contributed by atoms with Crippen LogP contribution in [-0.4, -0.2) is 45.2 Å². The van der Waals surface area contributed by atoms with E-state index in [1.807, 2.05) is 0 Å². The second-order valence-corrected chi connectivity index (χ2v) is 8.78. The fourth-order valence-electron chi connectivity index (χ4n) is 2.95. The number of rotatable bonds is 5. The van der Waals surface area contributed by atoms with E-state index in [1.165, 1.54) is 24.3 Å². The zero-order valence-electron chi connectivity index (χ0n) is 15.4. The number of carbonyl (C=O) groups is 3. The molecule has 0 unspecified atom stereocenters. The summed E-state index contributed by atoms with van der Waals surface area (Å²) in [4.78, 5) is 35.6. The molecular weight excluding hydrogens is 372 g/mol. The zero-order chi connectivity index (χ0) is 20.0. The fraction of sp³-hybridized carbons (Fsp3) is 0.500. The monoisotopic (exact) mass is 396 g/mol. The van der Waals surface area contributed by atoms with E-state index in [0.29, 0.717) is 5.92 Å². The number of sulfone groups is 1. The molecule has 2 N–H and O–H groups in total. The lowest BCUT2D eigenvalue weighted by Gasteiger charge is -2.29. The Hall–Kier alpha value is -2.42. The highest BCUT2D eigenvalue weighted by Crippen LogP contribution is 2.23. The molecule has 1 aromatic rings. The van der Waals surface area contributed by atoms with Crippen molar-refractivity contribution in [1.82, 2.24) is 10.6 Å². The maximum absolute atomic E-state index is 11.9. The van der Waals surface area contributed by atoms with Gasteiger partial charge in [0, 0.05) is 12.3 Å². The summed E-state index contributed by atoms with van der Waals surface area (Å²) in [5.74, 6) is -1.17. The highest BCUT2D eigenvalue weighted by atomic mass is 32.2. The fourth-order valence-corrected chi connectivity index (χ4v) is 3.58. The van der Waals surface area contributed by atoms with Gasteiger partial charge in [-0.25, -0.2) is 18.0 Å². The third-order valence-electron chi connectivity index (χ3n) is 4.53. The second kappa shape index (κ2) is 8.98. The molecule has 0 saturated heterocycles. The van der Waals surface area contributed by atoms with Crippen LogP contribution < -0.4 is 10.6 Å². The van der Waals surface area contributed by atoms with Crippen molar-refractivity contribution in [2.24, 2.45) is 5.92 Å². The molecule has 3 amide bonds. The molecule has 8 nitrogen and oxygen atoms in total. The molecule has 148 valence electrons. The maximum atomic E-state index is 11.9. The smallest absolute Gasteiger partial charge is 0.338 e. The van der Waals surface area contributed by atoms with Crippen LogP contribution in [0.4, 0.5) is 4.79 Å². The van der Waals surface area contributed by atoms with Gasteiger partial charge in [0.1, 0.15) is 0 Å². The summed E-state index contributed by atoms with van der Waals surface area (Å²) in [7, 11) is -3.36. The van der Waals surface area contributed by atoms with E-state index in [9.17, 15) is 22.8 Å². The Morgan fingerprint density at radius 1 is 1.11 bits per heavy atom. The average molecular weight is 396 g/mol. The first kappa shape index (κ1) is 20.9. The molecule has 0 aromatic heterocycles. The first-order valence-corrected chi connectivity index (χ1v) is 10.6. The lowest BCUT2D eigenvalue weighted by atomic mass is 9.86. The topological polar surface area (TPSA) is 119 Å². The van der Waals surface area contributed by atoms with Crippen molar-refractivity contribution in [3.63, 3.8) is 0 Å². The van der Waals surface area contributed by atoms with Gasteiger partial charge >= 0.3 is 12.0 Å². The molecule has 0 heterocycles. The standard InChI is InChI=1S/C18H24N2O6S/c1-12-5-3-4-6-15(12)19-18(23)20-16(21)11-26-17(22)13-7-9-14(10-8-13)27(2,24)25/h7-10,12,15H,3-6,11H2,1-2H3,(H2,19,20,21,23)/t12-,15+/m0/s1. The van der Waals surface area contributed by atoms with Gasteiger partial charge in [-0.1, -0.05) is 19.8 Å². The van der Waals surface area contributed by atoms with Crippen molar-refractivity contribution >= 4 is 27.7 Å². The van der Waals surface area contributed by atoms with Crippen molar-refractivity contribution < 1.29 is 27.5 Å². The number of ether oxygens (including phenoxy) is 1. The first-order chi connectivity index (χ1) is 12.7. The van der Waals surface area contributed by atoms with Crippen molar-refractivity contribution in [2.75, 3.05) is 12.9 Å². The number of urea groups is 1. The summed E-state index contributed by atoms with van der Waals surface area (Å²) in [5.41, 5.74) is 0.107. The molecule has 1 saturated carbocycles. The predicted molar refractivity (Wildman–Crippen MR) is 97.9 cm³/mol. The number of carbonyl (C=O) groups excluding carboxylic acids is 3. The van der Waals surface area contributed by atoms with Crippen molar-refractivity contribution in [3.8, 4) is 0 Å². The van der Waals surface area contributed by atoms with Crippen LogP contribution in [0, 0.1) is 5.92 Å². The molecule has 2 rings (SSSR count). The number of hydrogen-bond acceptors (Lipinski definition) is 6. The predicted octanol–water partition coefficient (Wildman–Crippen LogP) is 1.65. The van der Waals surface area contributed by atoms with Crippen molar-refractivity contribution in [2.45, 2.75) is 43.5 Å². The van der Waals surface area contributed by atoms with E-state index in [2.05, 4.69) is 17.6 Å². The Kier molecular flexibility index (Phi) is 6.95. The van der Waals surface area contributed by atoms with Gasteiger partial charge in [-0.05, 0) is 43.0 Å². The number of esters is 1. The van der Waals surface area contributed by atoms with Gasteiger partial charge in [-0.3, -0.25) is 10.1 Å². The van der Waals surface area contributed by atoms with Crippen LogP contribution >= 0.6 is 0 Å². The molecule has 1 aromatic carbocycles. The molecular formula is C18H24N2O6S. The number of imide groups is 1. The average Bonchev–Trinajstić information content (AvgIpc) is 2.61. The molecule has 0 bridgehead atoms. The SMILES string of the molecule is C[C@H]1CCCC[C@H]1NC(=O)NC(=O)COC(=O)c1ccc(S(C)(=O)=O)cc1. The van der Waals surface area contributed by atoms with E-state index < -0.39 is 34.4 Å². The Morgan fingerprint density at radius 3 is 2.33 bits per heavy atom. The lowest BCUT2D eigenvalue weighted by Crippen LogP contribution is -2.48. The van der Waals surface area contributed by atoms with E-state index in [4.69, 9.17) is 4.74 Å². The minimum atomic E-state index is -3.36. The van der Waals surface area contributed by atoms with Crippen LogP contribution in [0.2, 0.25) is 0 Å². The third kappa shape index (κ3) is 6.35. The zero-order valence-corrected chi connectivity index (χ0v) is 16.2. The van der Waals surface area contributed by atoms with Crippen LogP contribution in [0.3, 0.4) is 0 Å². The summed E-state index contributed by atoms with van der Waals surface area (Å²) in [5, 5.41) is 4.91. The minimum Gasteiger partial charge on any atom is -0.452 e. The normalized spacial score (nSPS) is 19.8. The molecule has 0 spiro atoms. The maximum Gasteiger partial charge on any atom is 0.338 e. The van der Waals surface area contributed by atoms with Crippen molar-refractivity contribution in [3.05, 3.63) is 29.8 Å². The van der Waals surface area contributed by atoms with Crippen LogP contribution in [-0.2, 0) is 19.4 Å². The van der Waals surface area contributed by atoms with Gasteiger partial charge in [0.15, 0.2) is 16.4 Å². The molecule has 9 heteroatoms. The third-order valence-corrected chi connectivity index (χ3v) is 5.66. The Bertz CT molecular complexity index is 804. The lowest BCUT2D eigenvalue weighted by molar-refractivity contribution is -0.123. The first-order valence-electron chi connectivity index (χ1n) is 8.74. The van der Waals surface area contributed by atoms with E-state index in [0.717, 1.165) is 31.9 Å². The summed E-state index contributed by atoms with van der Waals surface area (Å²) in [6, 6.07) is 4.59. The highest BCUT2D eigenvalue weighted by molar-refractivity contribution is 7.90. The van der Waals surface area contributed by atoms with Crippen molar-refractivity contribution in [1.29, 1.82) is 0 Å². The Labute approximate surface area is 158 Å².